The van der Waals surface area contributed by atoms with Gasteiger partial charge < -0.3 is 4.74 Å². The molecule has 1 atom stereocenters. The lowest BCUT2D eigenvalue weighted by molar-refractivity contribution is -0.162. The number of carbonyl (C=O) groups excluding carboxylic acids is 1. The predicted molar refractivity (Wildman–Crippen MR) is 63.7 cm³/mol. The zero-order valence-corrected chi connectivity index (χ0v) is 11.1. The number of unbranched alkanes of at least 4 members (excludes halogenated alkanes) is 1. The van der Waals surface area contributed by atoms with E-state index in [4.69, 9.17) is 4.74 Å². The van der Waals surface area contributed by atoms with E-state index in [1.54, 1.807) is 0 Å². The van der Waals surface area contributed by atoms with Crippen molar-refractivity contribution >= 4 is 5.97 Å². The molecule has 0 saturated heterocycles. The fraction of sp³-hybridized carbons (Fsp3) is 0.923. The Morgan fingerprint density at radius 1 is 1.13 bits per heavy atom. The summed E-state index contributed by atoms with van der Waals surface area (Å²) in [7, 11) is 0. The number of carbonyl (C=O) groups is 1. The number of ether oxygens (including phenoxy) is 1. The molecule has 0 N–H and O–H groups in total. The lowest BCUT2D eigenvalue weighted by atomic mass is 9.65. The standard InChI is InChI=1S/C13H26O2/c1-7-9-10-13(6,12(3,4)5)11(14)15-8-2/h7-10H2,1-6H3. The van der Waals surface area contributed by atoms with Crippen molar-refractivity contribution in [3.8, 4) is 0 Å². The van der Waals surface area contributed by atoms with E-state index in [0.717, 1.165) is 19.3 Å². The zero-order chi connectivity index (χ0) is 12.1. The van der Waals surface area contributed by atoms with Crippen LogP contribution in [0.25, 0.3) is 0 Å². The van der Waals surface area contributed by atoms with E-state index in [-0.39, 0.29) is 16.8 Å². The molecular weight excluding hydrogens is 188 g/mol. The number of hydrogen-bond donors (Lipinski definition) is 0. The minimum absolute atomic E-state index is 0.0472. The van der Waals surface area contributed by atoms with Crippen LogP contribution in [0, 0.1) is 10.8 Å². The van der Waals surface area contributed by atoms with Crippen LogP contribution in [0.15, 0.2) is 0 Å². The van der Waals surface area contributed by atoms with Crippen molar-refractivity contribution in [3.63, 3.8) is 0 Å². The summed E-state index contributed by atoms with van der Waals surface area (Å²) in [5.41, 5.74) is -0.409. The van der Waals surface area contributed by atoms with Crippen LogP contribution < -0.4 is 0 Å². The molecule has 0 rings (SSSR count). The van der Waals surface area contributed by atoms with E-state index < -0.39 is 0 Å². The van der Waals surface area contributed by atoms with Crippen molar-refractivity contribution in [2.75, 3.05) is 6.61 Å². The van der Waals surface area contributed by atoms with Crippen LogP contribution in [0.2, 0.25) is 0 Å². The second-order valence-corrected chi connectivity index (χ2v) is 5.41. The van der Waals surface area contributed by atoms with Crippen LogP contribution >= 0.6 is 0 Å². The zero-order valence-electron chi connectivity index (χ0n) is 11.1. The second-order valence-electron chi connectivity index (χ2n) is 5.41. The van der Waals surface area contributed by atoms with Gasteiger partial charge in [-0.3, -0.25) is 4.79 Å². The molecule has 0 aliphatic heterocycles. The first kappa shape index (κ1) is 14.5. The maximum Gasteiger partial charge on any atom is 0.312 e. The van der Waals surface area contributed by atoms with Crippen molar-refractivity contribution < 1.29 is 9.53 Å². The molecule has 0 aromatic rings. The highest BCUT2D eigenvalue weighted by molar-refractivity contribution is 5.77. The molecule has 0 aromatic carbocycles. The molecule has 15 heavy (non-hydrogen) atoms. The van der Waals surface area contributed by atoms with E-state index in [0.29, 0.717) is 6.61 Å². The number of esters is 1. The molecule has 0 heterocycles. The van der Waals surface area contributed by atoms with E-state index in [9.17, 15) is 4.79 Å². The molecule has 0 aromatic heterocycles. The van der Waals surface area contributed by atoms with Gasteiger partial charge in [0.25, 0.3) is 0 Å². The van der Waals surface area contributed by atoms with Crippen molar-refractivity contribution in [1.29, 1.82) is 0 Å². The van der Waals surface area contributed by atoms with Crippen LogP contribution in [0.4, 0.5) is 0 Å². The smallest absolute Gasteiger partial charge is 0.312 e. The molecule has 0 aliphatic carbocycles. The Morgan fingerprint density at radius 2 is 1.67 bits per heavy atom. The molecule has 0 spiro atoms. The van der Waals surface area contributed by atoms with Crippen molar-refractivity contribution in [1.82, 2.24) is 0 Å². The van der Waals surface area contributed by atoms with Crippen LogP contribution in [-0.4, -0.2) is 12.6 Å². The van der Waals surface area contributed by atoms with Gasteiger partial charge in [0, 0.05) is 0 Å². The molecule has 2 nitrogen and oxygen atoms in total. The fourth-order valence-electron chi connectivity index (χ4n) is 1.60. The maximum atomic E-state index is 12.0. The van der Waals surface area contributed by atoms with Crippen LogP contribution in [0.3, 0.4) is 0 Å². The van der Waals surface area contributed by atoms with Gasteiger partial charge in [-0.05, 0) is 25.7 Å². The van der Waals surface area contributed by atoms with Gasteiger partial charge in [-0.1, -0.05) is 40.5 Å². The highest BCUT2D eigenvalue weighted by atomic mass is 16.5. The molecule has 0 aliphatic rings. The summed E-state index contributed by atoms with van der Waals surface area (Å²) in [5, 5.41) is 0. The molecule has 0 bridgehead atoms. The first-order valence-corrected chi connectivity index (χ1v) is 5.96. The second kappa shape index (κ2) is 5.53. The van der Waals surface area contributed by atoms with Crippen LogP contribution in [-0.2, 0) is 9.53 Å². The predicted octanol–water partition coefficient (Wildman–Crippen LogP) is 3.79. The van der Waals surface area contributed by atoms with Gasteiger partial charge in [0.15, 0.2) is 0 Å². The summed E-state index contributed by atoms with van der Waals surface area (Å²) < 4.78 is 5.19. The average Bonchev–Trinajstić information content (AvgIpc) is 2.12. The molecule has 0 amide bonds. The third kappa shape index (κ3) is 3.51. The quantitative estimate of drug-likeness (QED) is 0.651. The third-order valence-electron chi connectivity index (χ3n) is 3.41. The molecule has 2 heteroatoms. The largest absolute Gasteiger partial charge is 0.466 e. The molecule has 0 radical (unpaired) electrons. The first-order valence-electron chi connectivity index (χ1n) is 5.96. The van der Waals surface area contributed by atoms with Gasteiger partial charge >= 0.3 is 5.97 Å². The lowest BCUT2D eigenvalue weighted by Gasteiger charge is -2.39. The normalized spacial score (nSPS) is 15.9. The molecule has 90 valence electrons. The minimum Gasteiger partial charge on any atom is -0.466 e. The van der Waals surface area contributed by atoms with Crippen molar-refractivity contribution in [3.05, 3.63) is 0 Å². The van der Waals surface area contributed by atoms with E-state index in [1.165, 1.54) is 0 Å². The van der Waals surface area contributed by atoms with Crippen molar-refractivity contribution in [2.45, 2.75) is 60.8 Å². The number of rotatable bonds is 5. The van der Waals surface area contributed by atoms with Crippen LogP contribution in [0.5, 0.6) is 0 Å². The summed E-state index contributed by atoms with van der Waals surface area (Å²) in [6, 6.07) is 0. The molecule has 0 fully saturated rings. The highest BCUT2D eigenvalue weighted by Gasteiger charge is 2.44. The van der Waals surface area contributed by atoms with Gasteiger partial charge in [0.2, 0.25) is 0 Å². The Hall–Kier alpha value is -0.530. The Balaban J connectivity index is 4.77. The summed E-state index contributed by atoms with van der Waals surface area (Å²) in [5.74, 6) is -0.0500. The van der Waals surface area contributed by atoms with Gasteiger partial charge in [0.05, 0.1) is 12.0 Å². The highest BCUT2D eigenvalue weighted by Crippen LogP contribution is 2.43. The number of hydrogen-bond acceptors (Lipinski definition) is 2. The summed E-state index contributed by atoms with van der Waals surface area (Å²) in [6.07, 6.45) is 3.10. The Kier molecular flexibility index (Phi) is 5.33. The van der Waals surface area contributed by atoms with Crippen molar-refractivity contribution in [2.24, 2.45) is 10.8 Å². The van der Waals surface area contributed by atoms with Crippen LogP contribution in [0.1, 0.15) is 60.8 Å². The van der Waals surface area contributed by atoms with Gasteiger partial charge in [-0.2, -0.15) is 0 Å². The Morgan fingerprint density at radius 3 is 2.00 bits per heavy atom. The maximum absolute atomic E-state index is 12.0. The van der Waals surface area contributed by atoms with Gasteiger partial charge in [0.1, 0.15) is 0 Å². The summed E-state index contributed by atoms with van der Waals surface area (Å²) >= 11 is 0. The summed E-state index contributed by atoms with van der Waals surface area (Å²) in [6.45, 7) is 12.8. The summed E-state index contributed by atoms with van der Waals surface area (Å²) in [4.78, 5) is 12.0. The van der Waals surface area contributed by atoms with E-state index in [1.807, 2.05) is 13.8 Å². The van der Waals surface area contributed by atoms with Gasteiger partial charge in [-0.25, -0.2) is 0 Å². The molecule has 0 saturated carbocycles. The molecule has 1 unspecified atom stereocenters. The SMILES string of the molecule is CCCCC(C)(C(=O)OCC)C(C)(C)C. The van der Waals surface area contributed by atoms with Gasteiger partial charge in [-0.15, -0.1) is 0 Å². The van der Waals surface area contributed by atoms with E-state index in [2.05, 4.69) is 27.7 Å². The Bertz CT molecular complexity index is 203. The molecular formula is C13H26O2. The lowest BCUT2D eigenvalue weighted by Crippen LogP contribution is -2.41. The topological polar surface area (TPSA) is 26.3 Å². The van der Waals surface area contributed by atoms with E-state index >= 15 is 0 Å². The third-order valence-corrected chi connectivity index (χ3v) is 3.41. The first-order chi connectivity index (χ1) is 6.79. The Labute approximate surface area is 94.4 Å². The monoisotopic (exact) mass is 214 g/mol. The minimum atomic E-state index is -0.362. The average molecular weight is 214 g/mol. The fourth-order valence-corrected chi connectivity index (χ4v) is 1.60.